The van der Waals surface area contributed by atoms with Crippen LogP contribution in [0.5, 0.6) is 0 Å². The zero-order valence-electron chi connectivity index (χ0n) is 6.77. The molecule has 0 aliphatic carbocycles. The van der Waals surface area contributed by atoms with Crippen molar-refractivity contribution in [2.75, 3.05) is 0 Å². The SMILES string of the molecule is N.N.N.N.N.N.O=S(=O)(O)O.[Cr]. The Labute approximate surface area is 82.7 Å². The van der Waals surface area contributed by atoms with Crippen LogP contribution in [0.3, 0.4) is 0 Å². The first-order chi connectivity index (χ1) is 2.00. The van der Waals surface area contributed by atoms with E-state index in [9.17, 15) is 0 Å². The van der Waals surface area contributed by atoms with Crippen LogP contribution >= 0.6 is 0 Å². The monoisotopic (exact) mass is 252 g/mol. The number of hydrogen-bond donors (Lipinski definition) is 8. The summed E-state index contributed by atoms with van der Waals surface area (Å²) in [5.41, 5.74) is 0. The molecule has 0 spiro atoms. The fourth-order valence-corrected chi connectivity index (χ4v) is 0. The van der Waals surface area contributed by atoms with Crippen molar-refractivity contribution in [2.45, 2.75) is 0 Å². The van der Waals surface area contributed by atoms with Crippen molar-refractivity contribution in [2.24, 2.45) is 0 Å². The minimum Gasteiger partial charge on any atom is -0.344 e. The first kappa shape index (κ1) is 87.5. The molecule has 0 aliphatic heterocycles. The molecule has 0 aromatic carbocycles. The van der Waals surface area contributed by atoms with Gasteiger partial charge in [0.15, 0.2) is 0 Å². The predicted molar refractivity (Wildman–Crippen MR) is 44.3 cm³/mol. The smallest absolute Gasteiger partial charge is 0.344 e. The summed E-state index contributed by atoms with van der Waals surface area (Å²) in [6.45, 7) is 0. The van der Waals surface area contributed by atoms with Crippen LogP contribution in [0.15, 0.2) is 0 Å². The van der Waals surface area contributed by atoms with Gasteiger partial charge in [-0.05, 0) is 0 Å². The summed E-state index contributed by atoms with van der Waals surface area (Å²) in [5.74, 6) is 0. The molecule has 0 heterocycles. The maximum absolute atomic E-state index is 8.74. The fraction of sp³-hybridized carbons (Fsp3) is 0. The molecular weight excluding hydrogens is 232 g/mol. The molecule has 20 N–H and O–H groups in total. The second kappa shape index (κ2) is 30.4. The zero-order chi connectivity index (χ0) is 4.50. The van der Waals surface area contributed by atoms with Gasteiger partial charge in [-0.15, -0.1) is 0 Å². The molecule has 0 aliphatic rings. The summed E-state index contributed by atoms with van der Waals surface area (Å²) in [6, 6.07) is 0. The van der Waals surface area contributed by atoms with E-state index in [0.717, 1.165) is 0 Å². The molecule has 12 heavy (non-hydrogen) atoms. The standard InChI is InChI=1S/Cr.6H3N.H2O4S/c;;;;;;;1-5(2,3)4/h;6*1H3;(H2,1,2,3,4). The van der Waals surface area contributed by atoms with E-state index in [1.54, 1.807) is 0 Å². The maximum atomic E-state index is 8.74. The molecule has 0 radical (unpaired) electrons. The van der Waals surface area contributed by atoms with E-state index in [-0.39, 0.29) is 54.3 Å². The van der Waals surface area contributed by atoms with Crippen LogP contribution < -0.4 is 36.9 Å². The Bertz CT molecular complexity index is 103. The third kappa shape index (κ3) is 32300. The van der Waals surface area contributed by atoms with Crippen molar-refractivity contribution in [3.05, 3.63) is 0 Å². The predicted octanol–water partition coefficient (Wildman–Crippen LogP) is 0.317. The molecule has 0 fully saturated rings. The van der Waals surface area contributed by atoms with Crippen LogP contribution in [0, 0.1) is 0 Å². The van der Waals surface area contributed by atoms with E-state index in [1.165, 1.54) is 0 Å². The van der Waals surface area contributed by atoms with Gasteiger partial charge in [0.05, 0.1) is 0 Å². The van der Waals surface area contributed by atoms with Crippen molar-refractivity contribution in [3.63, 3.8) is 0 Å². The van der Waals surface area contributed by atoms with Crippen LogP contribution in [0.25, 0.3) is 0 Å². The van der Waals surface area contributed by atoms with E-state index in [2.05, 4.69) is 0 Å². The number of rotatable bonds is 0. The van der Waals surface area contributed by atoms with Gasteiger partial charge in [0.1, 0.15) is 0 Å². The van der Waals surface area contributed by atoms with Gasteiger partial charge < -0.3 is 36.9 Å². The zero-order valence-corrected chi connectivity index (χ0v) is 8.86. The van der Waals surface area contributed by atoms with Gasteiger partial charge in [-0.1, -0.05) is 0 Å². The van der Waals surface area contributed by atoms with E-state index >= 15 is 0 Å². The molecule has 0 aromatic heterocycles. The summed E-state index contributed by atoms with van der Waals surface area (Å²) >= 11 is 0. The van der Waals surface area contributed by atoms with E-state index < -0.39 is 10.4 Å². The Morgan fingerprint density at radius 2 is 0.667 bits per heavy atom. The fourth-order valence-electron chi connectivity index (χ4n) is 0. The van der Waals surface area contributed by atoms with Gasteiger partial charge in [-0.25, -0.2) is 0 Å². The van der Waals surface area contributed by atoms with Gasteiger partial charge in [-0.2, -0.15) is 8.42 Å². The molecule has 12 heteroatoms. The molecule has 0 saturated heterocycles. The second-order valence-electron chi connectivity index (χ2n) is 0.448. The summed E-state index contributed by atoms with van der Waals surface area (Å²) in [7, 11) is -4.67. The third-order valence-electron chi connectivity index (χ3n) is 0. The van der Waals surface area contributed by atoms with Crippen LogP contribution in [-0.2, 0) is 27.8 Å². The quantitative estimate of drug-likeness (QED) is 0.273. The Kier molecular flexibility index (Phi) is 221. The maximum Gasteiger partial charge on any atom is 0.394 e. The van der Waals surface area contributed by atoms with Gasteiger partial charge in [0, 0.05) is 17.4 Å². The van der Waals surface area contributed by atoms with Crippen LogP contribution in [0.4, 0.5) is 0 Å². The Morgan fingerprint density at radius 1 is 0.667 bits per heavy atom. The van der Waals surface area contributed by atoms with Crippen molar-refractivity contribution in [3.8, 4) is 0 Å². The van der Waals surface area contributed by atoms with Crippen LogP contribution in [-0.4, -0.2) is 17.5 Å². The van der Waals surface area contributed by atoms with Crippen LogP contribution in [0.1, 0.15) is 0 Å². The van der Waals surface area contributed by atoms with Crippen molar-refractivity contribution >= 4 is 10.4 Å². The second-order valence-corrected chi connectivity index (χ2v) is 1.34. The van der Waals surface area contributed by atoms with Crippen molar-refractivity contribution < 1.29 is 34.9 Å². The normalized spacial score (nSPS) is 4.83. The molecule has 0 unspecified atom stereocenters. The average Bonchev–Trinajstić information content (AvgIpc) is 0.722. The first-order valence-electron chi connectivity index (χ1n) is 0.698. The molecule has 10 nitrogen and oxygen atoms in total. The molecule has 0 rings (SSSR count). The largest absolute Gasteiger partial charge is 0.394 e. The van der Waals surface area contributed by atoms with E-state index in [4.69, 9.17) is 17.5 Å². The molecule has 0 atom stereocenters. The average molecular weight is 252 g/mol. The topological polar surface area (TPSA) is 285 Å². The third-order valence-corrected chi connectivity index (χ3v) is 0. The minimum atomic E-state index is -4.67. The molecule has 0 aromatic rings. The Balaban J connectivity index is -0.00000000381. The molecule has 86 valence electrons. The minimum absolute atomic E-state index is 0. The van der Waals surface area contributed by atoms with Gasteiger partial charge in [0.25, 0.3) is 0 Å². The van der Waals surface area contributed by atoms with E-state index in [0.29, 0.717) is 0 Å². The summed E-state index contributed by atoms with van der Waals surface area (Å²) in [6.07, 6.45) is 0. The summed E-state index contributed by atoms with van der Waals surface area (Å²) in [4.78, 5) is 0. The molecule has 0 amide bonds. The summed E-state index contributed by atoms with van der Waals surface area (Å²) < 4.78 is 31.6. The van der Waals surface area contributed by atoms with Gasteiger partial charge in [0.2, 0.25) is 0 Å². The molecule has 0 saturated carbocycles. The first-order valence-corrected chi connectivity index (χ1v) is 2.10. The Morgan fingerprint density at radius 3 is 0.667 bits per heavy atom. The number of hydrogen-bond acceptors (Lipinski definition) is 8. The van der Waals surface area contributed by atoms with Gasteiger partial charge >= 0.3 is 10.4 Å². The molecular formula is H20CrN6O4S. The van der Waals surface area contributed by atoms with E-state index in [1.807, 2.05) is 0 Å². The summed E-state index contributed by atoms with van der Waals surface area (Å²) in [5, 5.41) is 0. The van der Waals surface area contributed by atoms with Crippen molar-refractivity contribution in [1.82, 2.24) is 36.9 Å². The van der Waals surface area contributed by atoms with Crippen molar-refractivity contribution in [1.29, 1.82) is 0 Å². The van der Waals surface area contributed by atoms with Crippen LogP contribution in [0.2, 0.25) is 0 Å². The Hall–Kier alpha value is 0.162. The molecule has 0 bridgehead atoms. The van der Waals surface area contributed by atoms with Gasteiger partial charge in [-0.3, -0.25) is 9.11 Å².